The fourth-order valence-electron chi connectivity index (χ4n) is 6.61. The molecule has 0 radical (unpaired) electrons. The summed E-state index contributed by atoms with van der Waals surface area (Å²) in [4.78, 5) is 0. The first-order valence-corrected chi connectivity index (χ1v) is 19.3. The molecule has 0 saturated carbocycles. The van der Waals surface area contributed by atoms with Gasteiger partial charge in [0, 0.05) is 0 Å². The molecule has 0 bridgehead atoms. The summed E-state index contributed by atoms with van der Waals surface area (Å²) in [6, 6.07) is 62.2. The Hall–Kier alpha value is -3.31. The average Bonchev–Trinajstić information content (AvgIpc) is 3.78. The van der Waals surface area contributed by atoms with Crippen molar-refractivity contribution in [2.45, 2.75) is 27.7 Å². The van der Waals surface area contributed by atoms with Crippen LogP contribution in [0.2, 0.25) is 0 Å². The minimum Gasteiger partial charge on any atom is -1.00 e. The first-order chi connectivity index (χ1) is 23.5. The van der Waals surface area contributed by atoms with E-state index in [0.717, 1.165) is 0 Å². The van der Waals surface area contributed by atoms with Gasteiger partial charge in [-0.3, -0.25) is 0 Å². The van der Waals surface area contributed by atoms with E-state index in [1.807, 2.05) is 0 Å². The minimum absolute atomic E-state index is 0. The van der Waals surface area contributed by atoms with Crippen molar-refractivity contribution in [2.24, 2.45) is 0 Å². The molecule has 0 atom stereocenters. The van der Waals surface area contributed by atoms with Crippen molar-refractivity contribution in [3.63, 3.8) is 0 Å². The van der Waals surface area contributed by atoms with E-state index < -0.39 is 15.8 Å². The molecule has 5 heteroatoms. The Kier molecular flexibility index (Phi) is 14.6. The quantitative estimate of drug-likeness (QED) is 0.137. The van der Waals surface area contributed by atoms with Gasteiger partial charge in [-0.1, -0.05) is 158 Å². The van der Waals surface area contributed by atoms with Crippen LogP contribution in [0.1, 0.15) is 22.3 Å². The van der Waals surface area contributed by atoms with Gasteiger partial charge in [0.1, 0.15) is 0 Å². The Labute approximate surface area is 333 Å². The molecule has 0 nitrogen and oxygen atoms in total. The minimum atomic E-state index is -0.518. The van der Waals surface area contributed by atoms with Crippen molar-refractivity contribution in [1.29, 1.82) is 0 Å². The SMILES string of the molecule is Cc1ccc(C)c2[cH-]c(P(c3ccccc3)c3ccccc3)cc12.Cc1ccc(C)c2[cH-]c(P(c3ccccc3)c3ccccc3)cc12.[Cl-].[Cl-].[Ti+4]. The standard InChI is InChI=1S/2C23H20P.2ClH.Ti/c2*1-17-13-14-18(2)23-16-21(15-22(17)23)24(19-9-5-3-6-10-19)20-11-7-4-8-12-20;;;/h2*3-16H,1-2H3;2*1H;/q2*-1;;;+4/p-2. The van der Waals surface area contributed by atoms with E-state index in [1.165, 1.54) is 75.6 Å². The van der Waals surface area contributed by atoms with Gasteiger partial charge in [0.15, 0.2) is 0 Å². The van der Waals surface area contributed by atoms with Crippen molar-refractivity contribution < 1.29 is 46.5 Å². The molecule has 8 aromatic rings. The average molecular weight is 774 g/mol. The molecule has 0 aliphatic rings. The second-order valence-corrected chi connectivity index (χ2v) is 16.9. The van der Waals surface area contributed by atoms with E-state index in [0.29, 0.717) is 0 Å². The molecule has 0 fully saturated rings. The maximum atomic E-state index is 2.41. The van der Waals surface area contributed by atoms with Gasteiger partial charge in [0.25, 0.3) is 0 Å². The molecule has 0 unspecified atom stereocenters. The number of aryl methyl sites for hydroxylation is 4. The zero-order chi connectivity index (χ0) is 33.0. The Bertz CT molecular complexity index is 1960. The van der Waals surface area contributed by atoms with Crippen molar-refractivity contribution in [1.82, 2.24) is 0 Å². The molecule has 0 amide bonds. The Morgan fingerprint density at radius 3 is 0.863 bits per heavy atom. The number of halogens is 2. The molecule has 8 rings (SSSR count). The van der Waals surface area contributed by atoms with Crippen LogP contribution in [0.5, 0.6) is 0 Å². The predicted octanol–water partition coefficient (Wildman–Crippen LogP) is 3.87. The Morgan fingerprint density at radius 1 is 0.353 bits per heavy atom. The number of rotatable bonds is 6. The van der Waals surface area contributed by atoms with E-state index in [9.17, 15) is 0 Å². The van der Waals surface area contributed by atoms with Crippen molar-refractivity contribution in [2.75, 3.05) is 0 Å². The van der Waals surface area contributed by atoms with Crippen LogP contribution < -0.4 is 56.6 Å². The number of fused-ring (bicyclic) bond motifs is 2. The molecule has 0 aliphatic carbocycles. The summed E-state index contributed by atoms with van der Waals surface area (Å²) in [6.45, 7) is 8.83. The molecule has 0 N–H and O–H groups in total. The Morgan fingerprint density at radius 2 is 0.608 bits per heavy atom. The van der Waals surface area contributed by atoms with Gasteiger partial charge in [-0.25, -0.2) is 0 Å². The van der Waals surface area contributed by atoms with Gasteiger partial charge in [-0.2, -0.15) is 12.1 Å². The van der Waals surface area contributed by atoms with Crippen molar-refractivity contribution in [3.05, 3.63) is 192 Å². The van der Waals surface area contributed by atoms with Gasteiger partial charge >= 0.3 is 21.7 Å². The molecule has 0 aliphatic heterocycles. The summed E-state index contributed by atoms with van der Waals surface area (Å²) in [6.07, 6.45) is 0. The van der Waals surface area contributed by atoms with Crippen LogP contribution in [0, 0.1) is 27.7 Å². The van der Waals surface area contributed by atoms with Crippen LogP contribution >= 0.6 is 15.8 Å². The molecule has 0 spiro atoms. The largest absolute Gasteiger partial charge is 4.00 e. The summed E-state index contributed by atoms with van der Waals surface area (Å²) in [7, 11) is -1.04. The van der Waals surface area contributed by atoms with Gasteiger partial charge in [0.2, 0.25) is 0 Å². The first kappa shape index (κ1) is 40.5. The zero-order valence-electron chi connectivity index (χ0n) is 29.3. The number of benzene rings is 6. The molecule has 0 heterocycles. The van der Waals surface area contributed by atoms with Crippen molar-refractivity contribution >= 4 is 69.2 Å². The second kappa shape index (κ2) is 18.4. The Balaban J connectivity index is 0.000000216. The van der Waals surface area contributed by atoms with Gasteiger partial charge in [-0.05, 0) is 50.9 Å². The van der Waals surface area contributed by atoms with Crippen LogP contribution in [0.25, 0.3) is 21.5 Å². The molecule has 8 aromatic carbocycles. The van der Waals surface area contributed by atoms with Gasteiger partial charge in [0.05, 0.1) is 0 Å². The van der Waals surface area contributed by atoms with Crippen LogP contribution in [0.15, 0.2) is 170 Å². The summed E-state index contributed by atoms with van der Waals surface area (Å²) in [5.41, 5.74) is 5.44. The van der Waals surface area contributed by atoms with E-state index in [2.05, 4.69) is 198 Å². The monoisotopic (exact) mass is 772 g/mol. The van der Waals surface area contributed by atoms with E-state index in [-0.39, 0.29) is 46.5 Å². The third kappa shape index (κ3) is 8.84. The molecular formula is C46H40Cl2P2Ti. The smallest absolute Gasteiger partial charge is 1.00 e. The van der Waals surface area contributed by atoms with Crippen LogP contribution in [-0.4, -0.2) is 0 Å². The van der Waals surface area contributed by atoms with Crippen LogP contribution in [0.3, 0.4) is 0 Å². The fourth-order valence-corrected chi connectivity index (χ4v) is 11.3. The van der Waals surface area contributed by atoms with E-state index in [4.69, 9.17) is 0 Å². The fraction of sp³-hybridized carbons (Fsp3) is 0.0870. The summed E-state index contributed by atoms with van der Waals surface area (Å²) < 4.78 is 0. The maximum Gasteiger partial charge on any atom is 4.00 e. The summed E-state index contributed by atoms with van der Waals surface area (Å²) >= 11 is 0. The van der Waals surface area contributed by atoms with Crippen LogP contribution in [-0.2, 0) is 21.7 Å². The summed E-state index contributed by atoms with van der Waals surface area (Å²) in [5.74, 6) is 0. The van der Waals surface area contributed by atoms with Gasteiger partial charge in [-0.15, -0.1) is 67.5 Å². The maximum absolute atomic E-state index is 2.41. The predicted molar refractivity (Wildman–Crippen MR) is 215 cm³/mol. The van der Waals surface area contributed by atoms with E-state index >= 15 is 0 Å². The molecule has 51 heavy (non-hydrogen) atoms. The number of hydrogen-bond donors (Lipinski definition) is 0. The second-order valence-electron chi connectivity index (χ2n) is 12.5. The number of hydrogen-bond acceptors (Lipinski definition) is 0. The van der Waals surface area contributed by atoms with Crippen LogP contribution in [0.4, 0.5) is 0 Å². The van der Waals surface area contributed by atoms with Gasteiger partial charge < -0.3 is 24.8 Å². The molecule has 252 valence electrons. The topological polar surface area (TPSA) is 0 Å². The third-order valence-corrected chi connectivity index (χ3v) is 14.0. The normalized spacial score (nSPS) is 10.6. The summed E-state index contributed by atoms with van der Waals surface area (Å²) in [5, 5.41) is 14.1. The zero-order valence-corrected chi connectivity index (χ0v) is 34.2. The molecular weight excluding hydrogens is 733 g/mol. The first-order valence-electron chi connectivity index (χ1n) is 16.6. The molecule has 0 aromatic heterocycles. The van der Waals surface area contributed by atoms with Crippen molar-refractivity contribution in [3.8, 4) is 0 Å². The van der Waals surface area contributed by atoms with E-state index in [1.54, 1.807) is 0 Å². The third-order valence-electron chi connectivity index (χ3n) is 9.19. The molecule has 0 saturated heterocycles.